The molecule has 0 radical (unpaired) electrons. The molecule has 0 saturated carbocycles. The first-order chi connectivity index (χ1) is 8.00. The maximum atomic E-state index is 8.88. The molecule has 0 rings (SSSR count). The smallest absolute Gasteiger partial charge is 0.303 e. The summed E-state index contributed by atoms with van der Waals surface area (Å²) in [5.41, 5.74) is 0. The fraction of sp³-hybridized carbons (Fsp3) is 0. The molecular weight excluding hydrogens is 464 g/mol. The standard InChI is InChI=1S/4H3O4P.3H4Si/c4*1-5(2,3)4;;;/h4*(H3,1,2,3,4);3*1H4. The molecule has 0 aromatic heterocycles. The quantitative estimate of drug-likeness (QED) is 0.111. The maximum Gasteiger partial charge on any atom is 0.466 e. The monoisotopic (exact) mass is 488 g/mol. The van der Waals surface area contributed by atoms with Gasteiger partial charge in [-0.1, -0.05) is 0 Å². The Morgan fingerprint density at radius 3 is 0.304 bits per heavy atom. The molecule has 0 aliphatic carbocycles. The lowest BCUT2D eigenvalue weighted by atomic mass is 15.8. The molecule has 0 aliphatic heterocycles. The first kappa shape index (κ1) is 44.0. The van der Waals surface area contributed by atoms with Gasteiger partial charge in [0.05, 0.1) is 0 Å². The van der Waals surface area contributed by atoms with Crippen molar-refractivity contribution in [1.82, 2.24) is 0 Å². The van der Waals surface area contributed by atoms with Crippen molar-refractivity contribution in [3.05, 3.63) is 0 Å². The number of hydrogen-bond donors (Lipinski definition) is 12. The summed E-state index contributed by atoms with van der Waals surface area (Å²) in [4.78, 5) is 86.2. The molecule has 12 N–H and O–H groups in total. The molecule has 23 heteroatoms. The molecular formula is H24O16P4Si3. The second-order valence-corrected chi connectivity index (χ2v) is 6.16. The third kappa shape index (κ3) is 8630. The van der Waals surface area contributed by atoms with Crippen molar-refractivity contribution in [2.24, 2.45) is 0 Å². The minimum absolute atomic E-state index is 0. The molecule has 0 saturated heterocycles. The summed E-state index contributed by atoms with van der Waals surface area (Å²) in [6.07, 6.45) is 0. The summed E-state index contributed by atoms with van der Waals surface area (Å²) in [6.45, 7) is 0. The van der Waals surface area contributed by atoms with Crippen molar-refractivity contribution >= 4 is 64.2 Å². The Morgan fingerprint density at radius 1 is 0.304 bits per heavy atom. The van der Waals surface area contributed by atoms with Crippen molar-refractivity contribution in [3.8, 4) is 0 Å². The maximum absolute atomic E-state index is 8.88. The van der Waals surface area contributed by atoms with E-state index in [0.717, 1.165) is 0 Å². The minimum atomic E-state index is -4.64. The van der Waals surface area contributed by atoms with Crippen molar-refractivity contribution in [3.63, 3.8) is 0 Å². The van der Waals surface area contributed by atoms with Crippen LogP contribution in [0.4, 0.5) is 0 Å². The van der Waals surface area contributed by atoms with Crippen LogP contribution in [0.25, 0.3) is 0 Å². The summed E-state index contributed by atoms with van der Waals surface area (Å²) < 4.78 is 35.5. The molecule has 0 amide bonds. The van der Waals surface area contributed by atoms with Gasteiger partial charge in [-0.2, -0.15) is 0 Å². The van der Waals surface area contributed by atoms with Crippen LogP contribution in [0.2, 0.25) is 0 Å². The highest BCUT2D eigenvalue weighted by molar-refractivity contribution is 7.45. The molecule has 152 valence electrons. The lowest BCUT2D eigenvalue weighted by molar-refractivity contribution is 0.272. The van der Waals surface area contributed by atoms with Gasteiger partial charge in [-0.25, -0.2) is 18.3 Å². The molecule has 0 fully saturated rings. The van der Waals surface area contributed by atoms with Crippen LogP contribution in [0.15, 0.2) is 0 Å². The van der Waals surface area contributed by atoms with E-state index < -0.39 is 31.3 Å². The normalized spacial score (nSPS) is 10.3. The number of phosphoric acid groups is 4. The van der Waals surface area contributed by atoms with E-state index in [-0.39, 0.29) is 32.9 Å². The van der Waals surface area contributed by atoms with Gasteiger partial charge in [0.1, 0.15) is 0 Å². The van der Waals surface area contributed by atoms with Crippen molar-refractivity contribution < 1.29 is 77.0 Å². The van der Waals surface area contributed by atoms with Crippen LogP contribution in [-0.4, -0.2) is 91.6 Å². The second-order valence-electron chi connectivity index (χ2n) is 2.05. The molecule has 0 aromatic rings. The lowest BCUT2D eigenvalue weighted by Crippen LogP contribution is -1.66. The Balaban J connectivity index is -0.0000000284. The summed E-state index contributed by atoms with van der Waals surface area (Å²) in [5.74, 6) is 0. The molecule has 16 nitrogen and oxygen atoms in total. The summed E-state index contributed by atoms with van der Waals surface area (Å²) in [5, 5.41) is 0. The van der Waals surface area contributed by atoms with E-state index in [1.54, 1.807) is 0 Å². The second kappa shape index (κ2) is 17.9. The van der Waals surface area contributed by atoms with Crippen LogP contribution in [0.3, 0.4) is 0 Å². The van der Waals surface area contributed by atoms with Crippen LogP contribution in [0.5, 0.6) is 0 Å². The van der Waals surface area contributed by atoms with E-state index in [1.165, 1.54) is 0 Å². The van der Waals surface area contributed by atoms with E-state index in [9.17, 15) is 0 Å². The SMILES string of the molecule is O=P(O)(O)O.O=P(O)(O)O.O=P(O)(O)O.O=P(O)(O)O.[SiH4].[SiH4].[SiH4]. The molecule has 0 atom stereocenters. The zero-order valence-corrected chi connectivity index (χ0v) is 12.4. The van der Waals surface area contributed by atoms with E-state index in [1.807, 2.05) is 0 Å². The Hall–Kier alpha value is 1.09. The summed E-state index contributed by atoms with van der Waals surface area (Å²) in [7, 11) is -18.6. The third-order valence-electron chi connectivity index (χ3n) is 0. The van der Waals surface area contributed by atoms with E-state index in [0.29, 0.717) is 0 Å². The van der Waals surface area contributed by atoms with Crippen LogP contribution < -0.4 is 0 Å². The predicted octanol–water partition coefficient (Wildman–Crippen LogP) is -8.07. The average molecular weight is 488 g/mol. The van der Waals surface area contributed by atoms with Crippen LogP contribution >= 0.6 is 31.3 Å². The highest BCUT2D eigenvalue weighted by atomic mass is 31.2. The van der Waals surface area contributed by atoms with Crippen LogP contribution in [0, 0.1) is 0 Å². The van der Waals surface area contributed by atoms with Gasteiger partial charge < -0.3 is 58.7 Å². The first-order valence-corrected chi connectivity index (χ1v) is 9.39. The molecule has 0 heterocycles. The Labute approximate surface area is 141 Å². The highest BCUT2D eigenvalue weighted by Crippen LogP contribution is 2.27. The fourth-order valence-corrected chi connectivity index (χ4v) is 0. The van der Waals surface area contributed by atoms with E-state index in [2.05, 4.69) is 0 Å². The lowest BCUT2D eigenvalue weighted by Gasteiger charge is -1.82. The fourth-order valence-electron chi connectivity index (χ4n) is 0. The minimum Gasteiger partial charge on any atom is -0.303 e. The molecule has 0 unspecified atom stereocenters. The van der Waals surface area contributed by atoms with Gasteiger partial charge >= 0.3 is 31.3 Å². The average Bonchev–Trinajstić information content (AvgIpc) is 1.62. The van der Waals surface area contributed by atoms with Crippen molar-refractivity contribution in [1.29, 1.82) is 0 Å². The molecule has 23 heavy (non-hydrogen) atoms. The molecule has 0 aromatic carbocycles. The largest absolute Gasteiger partial charge is 0.466 e. The third-order valence-corrected chi connectivity index (χ3v) is 0. The van der Waals surface area contributed by atoms with Crippen LogP contribution in [-0.2, 0) is 18.3 Å². The number of rotatable bonds is 0. The predicted molar refractivity (Wildman–Crippen MR) is 91.1 cm³/mol. The van der Waals surface area contributed by atoms with Crippen molar-refractivity contribution in [2.75, 3.05) is 0 Å². The zero-order valence-electron chi connectivity index (χ0n) is 8.79. The Bertz CT molecular complexity index is 292. The molecule has 0 aliphatic rings. The van der Waals surface area contributed by atoms with Gasteiger partial charge in [0.25, 0.3) is 0 Å². The topological polar surface area (TPSA) is 311 Å². The van der Waals surface area contributed by atoms with E-state index >= 15 is 0 Å². The molecule has 0 spiro atoms. The van der Waals surface area contributed by atoms with Gasteiger partial charge in [0, 0.05) is 0 Å². The van der Waals surface area contributed by atoms with Crippen LogP contribution in [0.1, 0.15) is 0 Å². The van der Waals surface area contributed by atoms with E-state index in [4.69, 9.17) is 77.0 Å². The van der Waals surface area contributed by atoms with Gasteiger partial charge in [-0.3, -0.25) is 0 Å². The summed E-state index contributed by atoms with van der Waals surface area (Å²) in [6, 6.07) is 0. The Morgan fingerprint density at radius 2 is 0.304 bits per heavy atom. The van der Waals surface area contributed by atoms with Crippen molar-refractivity contribution in [2.45, 2.75) is 0 Å². The number of hydrogen-bond acceptors (Lipinski definition) is 4. The van der Waals surface area contributed by atoms with Gasteiger partial charge in [-0.05, 0) is 32.9 Å². The summed E-state index contributed by atoms with van der Waals surface area (Å²) >= 11 is 0. The zero-order chi connectivity index (χ0) is 18.0. The van der Waals surface area contributed by atoms with Gasteiger partial charge in [0.2, 0.25) is 0 Å². The molecule has 0 bridgehead atoms. The first-order valence-electron chi connectivity index (χ1n) is 3.13. The Kier molecular flexibility index (Phi) is 34.2. The van der Waals surface area contributed by atoms with Gasteiger partial charge in [0.15, 0.2) is 0 Å². The highest BCUT2D eigenvalue weighted by Gasteiger charge is 2.01. The van der Waals surface area contributed by atoms with Gasteiger partial charge in [-0.15, -0.1) is 0 Å².